The topological polar surface area (TPSA) is 72.1 Å². The highest BCUT2D eigenvalue weighted by atomic mass is 16.5. The van der Waals surface area contributed by atoms with Gasteiger partial charge in [-0.1, -0.05) is 0 Å². The fraction of sp³-hybridized carbons (Fsp3) is 0.200. The summed E-state index contributed by atoms with van der Waals surface area (Å²) in [6.45, 7) is 0.517. The molecule has 6 heteroatoms. The molecule has 0 radical (unpaired) electrons. The monoisotopic (exact) mass is 284 g/mol. The first-order valence-electron chi connectivity index (χ1n) is 6.54. The van der Waals surface area contributed by atoms with E-state index in [1.165, 1.54) is 6.33 Å². The molecule has 21 heavy (non-hydrogen) atoms. The van der Waals surface area contributed by atoms with E-state index in [4.69, 9.17) is 9.47 Å². The van der Waals surface area contributed by atoms with Crippen molar-refractivity contribution in [3.63, 3.8) is 0 Å². The number of hydrogen-bond acceptors (Lipinski definition) is 5. The van der Waals surface area contributed by atoms with Gasteiger partial charge >= 0.3 is 0 Å². The summed E-state index contributed by atoms with van der Waals surface area (Å²) in [5.74, 6) is 1.02. The minimum Gasteiger partial charge on any atom is -0.481 e. The second kappa shape index (κ2) is 5.70. The predicted octanol–water partition coefficient (Wildman–Crippen LogP) is 2.59. The molecule has 0 bridgehead atoms. The number of nitrogens with zero attached hydrogens (tertiary/aromatic N) is 2. The molecule has 0 saturated heterocycles. The Morgan fingerprint density at radius 2 is 1.86 bits per heavy atom. The summed E-state index contributed by atoms with van der Waals surface area (Å²) in [5, 5.41) is 4.49. The largest absolute Gasteiger partial charge is 0.481 e. The number of H-pyrrole nitrogens is 1. The van der Waals surface area contributed by atoms with Crippen LogP contribution in [0.3, 0.4) is 0 Å². The maximum atomic E-state index is 5.26. The zero-order chi connectivity index (χ0) is 14.7. The fourth-order valence-corrected chi connectivity index (χ4v) is 2.24. The smallest absolute Gasteiger partial charge is 0.225 e. The van der Waals surface area contributed by atoms with Gasteiger partial charge in [0.1, 0.15) is 6.33 Å². The zero-order valence-electron chi connectivity index (χ0n) is 11.9. The van der Waals surface area contributed by atoms with Crippen molar-refractivity contribution in [2.75, 3.05) is 19.5 Å². The molecule has 0 aliphatic carbocycles. The van der Waals surface area contributed by atoms with Crippen molar-refractivity contribution in [3.8, 4) is 11.8 Å². The van der Waals surface area contributed by atoms with Crippen LogP contribution in [0.2, 0.25) is 0 Å². The molecule has 108 valence electrons. The minimum absolute atomic E-state index is 0.511. The van der Waals surface area contributed by atoms with Gasteiger partial charge in [0, 0.05) is 22.8 Å². The third-order valence-electron chi connectivity index (χ3n) is 3.28. The highest BCUT2D eigenvalue weighted by Crippen LogP contribution is 2.25. The molecule has 3 rings (SSSR count). The van der Waals surface area contributed by atoms with E-state index in [1.54, 1.807) is 14.2 Å². The van der Waals surface area contributed by atoms with Crippen molar-refractivity contribution < 1.29 is 9.47 Å². The van der Waals surface area contributed by atoms with Crippen LogP contribution in [0.5, 0.6) is 11.8 Å². The number of fused-ring (bicyclic) bond motifs is 1. The Balaban J connectivity index is 1.83. The lowest BCUT2D eigenvalue weighted by Crippen LogP contribution is -2.06. The van der Waals surface area contributed by atoms with Crippen LogP contribution in [0, 0.1) is 0 Å². The number of ether oxygens (including phenoxy) is 2. The van der Waals surface area contributed by atoms with E-state index in [9.17, 15) is 0 Å². The summed E-state index contributed by atoms with van der Waals surface area (Å²) in [6.07, 6.45) is 3.35. The molecule has 0 fully saturated rings. The Morgan fingerprint density at radius 3 is 2.57 bits per heavy atom. The van der Waals surface area contributed by atoms with Gasteiger partial charge < -0.3 is 19.8 Å². The van der Waals surface area contributed by atoms with Gasteiger partial charge in [0.25, 0.3) is 0 Å². The van der Waals surface area contributed by atoms with Crippen LogP contribution in [-0.4, -0.2) is 29.2 Å². The average Bonchev–Trinajstić information content (AvgIpc) is 3.00. The van der Waals surface area contributed by atoms with Crippen LogP contribution in [-0.2, 0) is 6.54 Å². The Labute approximate surface area is 122 Å². The molecule has 2 heterocycles. The molecular formula is C15H16N4O2. The first-order valence-corrected chi connectivity index (χ1v) is 6.54. The molecular weight excluding hydrogens is 268 g/mol. The quantitative estimate of drug-likeness (QED) is 0.753. The Bertz CT molecular complexity index is 732. The number of rotatable bonds is 5. The second-order valence-electron chi connectivity index (χ2n) is 4.50. The summed E-state index contributed by atoms with van der Waals surface area (Å²) in [4.78, 5) is 11.4. The summed E-state index contributed by atoms with van der Waals surface area (Å²) in [7, 11) is 3.16. The van der Waals surface area contributed by atoms with Gasteiger partial charge in [0.2, 0.25) is 11.8 Å². The molecule has 0 amide bonds. The van der Waals surface area contributed by atoms with Crippen molar-refractivity contribution >= 4 is 16.6 Å². The highest BCUT2D eigenvalue weighted by molar-refractivity contribution is 5.82. The number of aromatic nitrogens is 3. The van der Waals surface area contributed by atoms with Gasteiger partial charge in [0.05, 0.1) is 26.3 Å². The number of nitrogens with one attached hydrogen (secondary N) is 2. The molecule has 0 unspecified atom stereocenters. The first kappa shape index (κ1) is 13.2. The molecule has 0 aliphatic heterocycles. The molecule has 0 atom stereocenters. The van der Waals surface area contributed by atoms with Crippen LogP contribution >= 0.6 is 0 Å². The Kier molecular flexibility index (Phi) is 3.59. The van der Waals surface area contributed by atoms with Gasteiger partial charge in [0.15, 0.2) is 0 Å². The lowest BCUT2D eigenvalue weighted by molar-refractivity contribution is 0.363. The third kappa shape index (κ3) is 2.60. The Hall–Kier alpha value is -2.76. The van der Waals surface area contributed by atoms with Gasteiger partial charge in [-0.05, 0) is 24.3 Å². The molecule has 0 spiro atoms. The van der Waals surface area contributed by atoms with Gasteiger partial charge in [-0.2, -0.15) is 0 Å². The maximum absolute atomic E-state index is 5.26. The van der Waals surface area contributed by atoms with Crippen molar-refractivity contribution in [1.29, 1.82) is 0 Å². The lowest BCUT2D eigenvalue weighted by atomic mass is 10.2. The van der Waals surface area contributed by atoms with Crippen LogP contribution in [0.15, 0.2) is 36.8 Å². The van der Waals surface area contributed by atoms with E-state index in [1.807, 2.05) is 24.4 Å². The average molecular weight is 284 g/mol. The number of aromatic amines is 1. The van der Waals surface area contributed by atoms with E-state index < -0.39 is 0 Å². The van der Waals surface area contributed by atoms with Crippen molar-refractivity contribution in [3.05, 3.63) is 42.4 Å². The fourth-order valence-electron chi connectivity index (χ4n) is 2.24. The van der Waals surface area contributed by atoms with E-state index in [-0.39, 0.29) is 0 Å². The summed E-state index contributed by atoms with van der Waals surface area (Å²) in [5.41, 5.74) is 2.91. The number of hydrogen-bond donors (Lipinski definition) is 2. The summed E-state index contributed by atoms with van der Waals surface area (Å²) < 4.78 is 10.5. The summed E-state index contributed by atoms with van der Waals surface area (Å²) in [6, 6.07) is 8.16. The van der Waals surface area contributed by atoms with E-state index in [2.05, 4.69) is 26.3 Å². The van der Waals surface area contributed by atoms with Crippen LogP contribution in [0.25, 0.3) is 10.9 Å². The van der Waals surface area contributed by atoms with Gasteiger partial charge in [-0.15, -0.1) is 0 Å². The number of methoxy groups -OCH3 is 2. The number of anilines is 1. The molecule has 0 aliphatic rings. The standard InChI is InChI=1S/C15H16N4O2/c1-20-14-12(15(21-2)19-9-18-14)8-17-11-3-4-13-10(7-11)5-6-16-13/h3-7,9,16-17H,8H2,1-2H3. The van der Waals surface area contributed by atoms with E-state index in [0.717, 1.165) is 22.2 Å². The van der Waals surface area contributed by atoms with Gasteiger partial charge in [-0.25, -0.2) is 9.97 Å². The minimum atomic E-state index is 0.511. The van der Waals surface area contributed by atoms with E-state index >= 15 is 0 Å². The highest BCUT2D eigenvalue weighted by Gasteiger charge is 2.12. The Morgan fingerprint density at radius 1 is 1.10 bits per heavy atom. The molecule has 0 saturated carbocycles. The molecule has 1 aromatic carbocycles. The zero-order valence-corrected chi connectivity index (χ0v) is 11.9. The predicted molar refractivity (Wildman–Crippen MR) is 80.8 cm³/mol. The molecule has 2 N–H and O–H groups in total. The lowest BCUT2D eigenvalue weighted by Gasteiger charge is -2.12. The van der Waals surface area contributed by atoms with Crippen molar-refractivity contribution in [2.24, 2.45) is 0 Å². The van der Waals surface area contributed by atoms with Gasteiger partial charge in [-0.3, -0.25) is 0 Å². The molecule has 6 nitrogen and oxygen atoms in total. The maximum Gasteiger partial charge on any atom is 0.225 e. The number of benzene rings is 1. The molecule has 3 aromatic rings. The van der Waals surface area contributed by atoms with Crippen LogP contribution in [0.1, 0.15) is 5.56 Å². The van der Waals surface area contributed by atoms with E-state index in [0.29, 0.717) is 18.3 Å². The first-order chi connectivity index (χ1) is 10.3. The second-order valence-corrected chi connectivity index (χ2v) is 4.50. The van der Waals surface area contributed by atoms with Crippen LogP contribution < -0.4 is 14.8 Å². The molecule has 2 aromatic heterocycles. The van der Waals surface area contributed by atoms with Crippen molar-refractivity contribution in [2.45, 2.75) is 6.54 Å². The van der Waals surface area contributed by atoms with Crippen molar-refractivity contribution in [1.82, 2.24) is 15.0 Å². The summed E-state index contributed by atoms with van der Waals surface area (Å²) >= 11 is 0. The third-order valence-corrected chi connectivity index (χ3v) is 3.28. The SMILES string of the molecule is COc1ncnc(OC)c1CNc1ccc2[nH]ccc2c1. The van der Waals surface area contributed by atoms with Crippen LogP contribution in [0.4, 0.5) is 5.69 Å². The normalized spacial score (nSPS) is 10.6.